The summed E-state index contributed by atoms with van der Waals surface area (Å²) in [5.41, 5.74) is 8.11. The molecule has 2 aromatic rings. The summed E-state index contributed by atoms with van der Waals surface area (Å²) in [6.07, 6.45) is 0.413. The van der Waals surface area contributed by atoms with Gasteiger partial charge in [-0.3, -0.25) is 4.79 Å². The highest BCUT2D eigenvalue weighted by molar-refractivity contribution is 6.30. The van der Waals surface area contributed by atoms with Gasteiger partial charge in [0, 0.05) is 25.6 Å². The topological polar surface area (TPSA) is 71.6 Å². The van der Waals surface area contributed by atoms with Crippen molar-refractivity contribution >= 4 is 17.5 Å². The molecule has 0 unspecified atom stereocenters. The molecule has 0 heterocycles. The van der Waals surface area contributed by atoms with Crippen molar-refractivity contribution in [3.05, 3.63) is 76.8 Å². The van der Waals surface area contributed by atoms with Gasteiger partial charge in [0.15, 0.2) is 6.61 Å². The van der Waals surface area contributed by atoms with E-state index in [4.69, 9.17) is 21.2 Å². The van der Waals surface area contributed by atoms with Gasteiger partial charge in [0.1, 0.15) is 17.3 Å². The van der Waals surface area contributed by atoms with Gasteiger partial charge in [-0.25, -0.2) is 9.82 Å². The maximum Gasteiger partial charge on any atom is 0.257 e. The maximum atomic E-state index is 13.3. The number of rotatable bonds is 11. The van der Waals surface area contributed by atoms with Crippen LogP contribution < -0.4 is 21.1 Å². The number of ether oxygens (including phenoxy) is 1. The van der Waals surface area contributed by atoms with Crippen LogP contribution in [-0.2, 0) is 21.6 Å². The Morgan fingerprint density at radius 3 is 2.52 bits per heavy atom. The molecular formula is C23H29ClFN3O3. The van der Waals surface area contributed by atoms with Gasteiger partial charge in [0.05, 0.1) is 5.02 Å². The molecule has 31 heavy (non-hydrogen) atoms. The van der Waals surface area contributed by atoms with E-state index in [2.05, 4.69) is 67.9 Å². The van der Waals surface area contributed by atoms with E-state index < -0.39 is 5.82 Å². The van der Waals surface area contributed by atoms with Gasteiger partial charge < -0.3 is 14.9 Å². The molecule has 0 atom stereocenters. The van der Waals surface area contributed by atoms with E-state index in [1.165, 1.54) is 17.7 Å². The van der Waals surface area contributed by atoms with Crippen LogP contribution in [-0.4, -0.2) is 19.1 Å². The zero-order valence-electron chi connectivity index (χ0n) is 18.1. The first-order valence-corrected chi connectivity index (χ1v) is 10.3. The molecule has 0 fully saturated rings. The minimum absolute atomic E-state index is 0.00291. The first-order valence-electron chi connectivity index (χ1n) is 9.91. The molecule has 0 aromatic heterocycles. The Labute approximate surface area is 187 Å². The SMILES string of the molecule is C=C(CCNC(=O)COc1ccc(Cl)c(F)c1)ONNCc1ccc(C(C)(C)C)cc1. The lowest BCUT2D eigenvalue weighted by Crippen LogP contribution is -2.32. The van der Waals surface area contributed by atoms with Gasteiger partial charge >= 0.3 is 0 Å². The predicted octanol–water partition coefficient (Wildman–Crippen LogP) is 4.40. The number of carbonyl (C=O) groups is 1. The first-order chi connectivity index (χ1) is 14.6. The van der Waals surface area contributed by atoms with Crippen LogP contribution in [0, 0.1) is 5.82 Å². The standard InChI is InChI=1S/C23H29ClFN3O3/c1-16(31-28-27-14-17-5-7-18(8-6-17)23(2,3)4)11-12-26-22(29)15-30-19-9-10-20(24)21(25)13-19/h5-10,13,27-28H,1,11-12,14-15H2,2-4H3,(H,26,29). The van der Waals surface area contributed by atoms with Gasteiger partial charge in [0.2, 0.25) is 0 Å². The molecule has 0 aliphatic carbocycles. The molecule has 2 aromatic carbocycles. The van der Waals surface area contributed by atoms with E-state index in [0.29, 0.717) is 25.3 Å². The van der Waals surface area contributed by atoms with Crippen LogP contribution in [0.3, 0.4) is 0 Å². The second kappa shape index (κ2) is 11.7. The average Bonchev–Trinajstić information content (AvgIpc) is 2.72. The van der Waals surface area contributed by atoms with E-state index in [-0.39, 0.29) is 28.7 Å². The van der Waals surface area contributed by atoms with Crippen LogP contribution in [0.15, 0.2) is 54.8 Å². The van der Waals surface area contributed by atoms with Gasteiger partial charge in [-0.2, -0.15) is 0 Å². The summed E-state index contributed by atoms with van der Waals surface area (Å²) in [5, 5.41) is 2.67. The quantitative estimate of drug-likeness (QED) is 0.269. The molecule has 0 aliphatic rings. The molecule has 0 saturated carbocycles. The third-order valence-electron chi connectivity index (χ3n) is 4.37. The highest BCUT2D eigenvalue weighted by Gasteiger charge is 2.12. The molecule has 0 radical (unpaired) electrons. The minimum atomic E-state index is -0.601. The van der Waals surface area contributed by atoms with Crippen molar-refractivity contribution in [3.63, 3.8) is 0 Å². The van der Waals surface area contributed by atoms with Crippen molar-refractivity contribution in [2.24, 2.45) is 0 Å². The lowest BCUT2D eigenvalue weighted by Gasteiger charge is -2.19. The lowest BCUT2D eigenvalue weighted by molar-refractivity contribution is -0.123. The highest BCUT2D eigenvalue weighted by atomic mass is 35.5. The lowest BCUT2D eigenvalue weighted by atomic mass is 9.87. The molecule has 6 nitrogen and oxygen atoms in total. The molecule has 0 aliphatic heterocycles. The van der Waals surface area contributed by atoms with Crippen LogP contribution in [0.4, 0.5) is 4.39 Å². The third-order valence-corrected chi connectivity index (χ3v) is 4.67. The monoisotopic (exact) mass is 449 g/mol. The van der Waals surface area contributed by atoms with E-state index in [1.54, 1.807) is 0 Å². The zero-order chi connectivity index (χ0) is 22.9. The summed E-state index contributed by atoms with van der Waals surface area (Å²) in [6, 6.07) is 12.4. The molecule has 2 rings (SSSR count). The summed E-state index contributed by atoms with van der Waals surface area (Å²) >= 11 is 5.60. The Kier molecular flexibility index (Phi) is 9.30. The number of hydrogen-bond donors (Lipinski definition) is 3. The summed E-state index contributed by atoms with van der Waals surface area (Å²) in [5.74, 6) is -0.256. The van der Waals surface area contributed by atoms with E-state index in [9.17, 15) is 9.18 Å². The molecule has 168 valence electrons. The number of amides is 1. The van der Waals surface area contributed by atoms with Crippen molar-refractivity contribution in [3.8, 4) is 5.75 Å². The Hall–Kier alpha value is -2.61. The van der Waals surface area contributed by atoms with Crippen molar-refractivity contribution in [2.45, 2.75) is 39.2 Å². The number of carbonyl (C=O) groups excluding carboxylic acids is 1. The second-order valence-electron chi connectivity index (χ2n) is 8.01. The fourth-order valence-electron chi connectivity index (χ4n) is 2.53. The first kappa shape index (κ1) is 24.7. The van der Waals surface area contributed by atoms with Gasteiger partial charge in [-0.1, -0.05) is 68.8 Å². The van der Waals surface area contributed by atoms with Crippen LogP contribution in [0.25, 0.3) is 0 Å². The summed E-state index contributed by atoms with van der Waals surface area (Å²) in [6.45, 7) is 11.0. The summed E-state index contributed by atoms with van der Waals surface area (Å²) in [7, 11) is 0. The Balaban J connectivity index is 1.56. The molecule has 1 amide bonds. The normalized spacial score (nSPS) is 11.1. The van der Waals surface area contributed by atoms with Crippen molar-refractivity contribution in [2.75, 3.05) is 13.2 Å². The van der Waals surface area contributed by atoms with E-state index in [1.807, 2.05) is 0 Å². The number of halogens is 2. The fraction of sp³-hybridized carbons (Fsp3) is 0.348. The third kappa shape index (κ3) is 8.96. The largest absolute Gasteiger partial charge is 0.484 e. The molecule has 3 N–H and O–H groups in total. The molecule has 0 saturated heterocycles. The van der Waals surface area contributed by atoms with Crippen molar-refractivity contribution < 1.29 is 18.8 Å². The van der Waals surface area contributed by atoms with Gasteiger partial charge in [-0.05, 0) is 28.7 Å². The highest BCUT2D eigenvalue weighted by Crippen LogP contribution is 2.22. The van der Waals surface area contributed by atoms with Crippen molar-refractivity contribution in [1.82, 2.24) is 16.3 Å². The number of nitrogens with one attached hydrogen (secondary N) is 3. The maximum absolute atomic E-state index is 13.3. The zero-order valence-corrected chi connectivity index (χ0v) is 18.8. The number of benzene rings is 2. The molecular weight excluding hydrogens is 421 g/mol. The molecule has 0 bridgehead atoms. The molecule has 0 spiro atoms. The van der Waals surface area contributed by atoms with E-state index >= 15 is 0 Å². The van der Waals surface area contributed by atoms with Crippen LogP contribution in [0.5, 0.6) is 5.75 Å². The van der Waals surface area contributed by atoms with Gasteiger partial charge in [0.25, 0.3) is 5.91 Å². The van der Waals surface area contributed by atoms with Crippen molar-refractivity contribution in [1.29, 1.82) is 0 Å². The minimum Gasteiger partial charge on any atom is -0.484 e. The number of hydrogen-bond acceptors (Lipinski definition) is 5. The summed E-state index contributed by atoms with van der Waals surface area (Å²) in [4.78, 5) is 17.1. The second-order valence-corrected chi connectivity index (χ2v) is 8.42. The Morgan fingerprint density at radius 1 is 1.16 bits per heavy atom. The smallest absolute Gasteiger partial charge is 0.257 e. The van der Waals surface area contributed by atoms with E-state index in [0.717, 1.165) is 11.6 Å². The van der Waals surface area contributed by atoms with Crippen LogP contribution in [0.1, 0.15) is 38.3 Å². The number of hydrazine groups is 1. The van der Waals surface area contributed by atoms with Gasteiger partial charge in [-0.15, -0.1) is 0 Å². The molecule has 8 heteroatoms. The van der Waals surface area contributed by atoms with Crippen LogP contribution >= 0.6 is 11.6 Å². The summed E-state index contributed by atoms with van der Waals surface area (Å²) < 4.78 is 18.6. The average molecular weight is 450 g/mol. The fourth-order valence-corrected chi connectivity index (χ4v) is 2.65. The van der Waals surface area contributed by atoms with Crippen LogP contribution in [0.2, 0.25) is 5.02 Å². The Bertz CT molecular complexity index is 883. The predicted molar refractivity (Wildman–Crippen MR) is 120 cm³/mol. The Morgan fingerprint density at radius 2 is 1.87 bits per heavy atom.